The number of oxime groups is 1. The summed E-state index contributed by atoms with van der Waals surface area (Å²) < 4.78 is 0. The predicted octanol–water partition coefficient (Wildman–Crippen LogP) is 0.479. The van der Waals surface area contributed by atoms with E-state index in [1.807, 2.05) is 0 Å². The first-order chi connectivity index (χ1) is 4.93. The van der Waals surface area contributed by atoms with Gasteiger partial charge in [-0.2, -0.15) is 0 Å². The fraction of sp³-hybridized carbons (Fsp3) is 0.167. The summed E-state index contributed by atoms with van der Waals surface area (Å²) in [4.78, 5) is 7.78. The maximum Gasteiger partial charge on any atom is 0.0641 e. The molecule has 0 aromatic carbocycles. The maximum atomic E-state index is 8.05. The minimum Gasteiger partial charge on any atom is -0.411 e. The van der Waals surface area contributed by atoms with Crippen LogP contribution in [0.2, 0.25) is 0 Å². The van der Waals surface area contributed by atoms with Crippen LogP contribution in [0.25, 0.3) is 0 Å². The van der Waals surface area contributed by atoms with Crippen molar-refractivity contribution >= 4 is 6.21 Å². The second-order valence-corrected chi connectivity index (χ2v) is 1.70. The van der Waals surface area contributed by atoms with Crippen LogP contribution in [-0.4, -0.2) is 21.4 Å². The molecule has 0 spiro atoms. The molecule has 0 atom stereocenters. The molecule has 1 aromatic rings. The number of hydrogen-bond acceptors (Lipinski definition) is 4. The standard InChI is InChI=1S/C6H7N3O/c10-9-2-1-6-5-7-3-4-8-6/h2-5,10H,1H2/b9-2-. The normalized spacial score (nSPS) is 10.4. The van der Waals surface area contributed by atoms with Crippen LogP contribution in [0.3, 0.4) is 0 Å². The first-order valence-corrected chi connectivity index (χ1v) is 2.84. The van der Waals surface area contributed by atoms with E-state index in [9.17, 15) is 0 Å². The first-order valence-electron chi connectivity index (χ1n) is 2.84. The van der Waals surface area contributed by atoms with Crippen LogP contribution < -0.4 is 0 Å². The Kier molecular flexibility index (Phi) is 2.37. The molecule has 4 nitrogen and oxygen atoms in total. The lowest BCUT2D eigenvalue weighted by Crippen LogP contribution is -1.90. The van der Waals surface area contributed by atoms with Crippen LogP contribution in [0.1, 0.15) is 5.69 Å². The van der Waals surface area contributed by atoms with E-state index in [-0.39, 0.29) is 0 Å². The third kappa shape index (κ3) is 1.81. The van der Waals surface area contributed by atoms with Crippen molar-refractivity contribution in [2.45, 2.75) is 6.42 Å². The van der Waals surface area contributed by atoms with Gasteiger partial charge in [-0.25, -0.2) is 0 Å². The zero-order chi connectivity index (χ0) is 7.23. The molecule has 1 N–H and O–H groups in total. The van der Waals surface area contributed by atoms with Crippen molar-refractivity contribution in [2.24, 2.45) is 5.16 Å². The molecular formula is C6H7N3O. The molecule has 0 saturated heterocycles. The van der Waals surface area contributed by atoms with Gasteiger partial charge in [-0.3, -0.25) is 9.97 Å². The Labute approximate surface area is 58.2 Å². The molecule has 0 amide bonds. The highest BCUT2D eigenvalue weighted by Crippen LogP contribution is 1.87. The average molecular weight is 137 g/mol. The van der Waals surface area contributed by atoms with Crippen molar-refractivity contribution in [3.8, 4) is 0 Å². The van der Waals surface area contributed by atoms with Gasteiger partial charge in [-0.05, 0) is 0 Å². The lowest BCUT2D eigenvalue weighted by Gasteiger charge is -1.89. The van der Waals surface area contributed by atoms with Crippen LogP contribution in [-0.2, 0) is 6.42 Å². The van der Waals surface area contributed by atoms with Crippen molar-refractivity contribution in [1.29, 1.82) is 0 Å². The van der Waals surface area contributed by atoms with Crippen molar-refractivity contribution in [2.75, 3.05) is 0 Å². The lowest BCUT2D eigenvalue weighted by molar-refractivity contribution is 0.320. The molecule has 10 heavy (non-hydrogen) atoms. The molecule has 0 saturated carbocycles. The second-order valence-electron chi connectivity index (χ2n) is 1.70. The van der Waals surface area contributed by atoms with Crippen LogP contribution >= 0.6 is 0 Å². The third-order valence-electron chi connectivity index (χ3n) is 0.999. The molecule has 1 rings (SSSR count). The van der Waals surface area contributed by atoms with Gasteiger partial charge >= 0.3 is 0 Å². The topological polar surface area (TPSA) is 58.4 Å². The van der Waals surface area contributed by atoms with Crippen molar-refractivity contribution < 1.29 is 5.21 Å². The summed E-state index contributed by atoms with van der Waals surface area (Å²) in [6, 6.07) is 0. The van der Waals surface area contributed by atoms with E-state index in [4.69, 9.17) is 5.21 Å². The van der Waals surface area contributed by atoms with E-state index >= 15 is 0 Å². The lowest BCUT2D eigenvalue weighted by atomic mass is 10.3. The van der Waals surface area contributed by atoms with Gasteiger partial charge in [0.2, 0.25) is 0 Å². The minimum absolute atomic E-state index is 0.518. The van der Waals surface area contributed by atoms with E-state index in [0.717, 1.165) is 5.69 Å². The quantitative estimate of drug-likeness (QED) is 0.366. The molecule has 1 heterocycles. The van der Waals surface area contributed by atoms with Crippen LogP contribution in [0, 0.1) is 0 Å². The fourth-order valence-corrected chi connectivity index (χ4v) is 0.570. The zero-order valence-corrected chi connectivity index (χ0v) is 5.31. The molecule has 0 bridgehead atoms. The molecule has 0 aliphatic carbocycles. The smallest absolute Gasteiger partial charge is 0.0641 e. The number of aromatic nitrogens is 2. The van der Waals surface area contributed by atoms with E-state index in [0.29, 0.717) is 6.42 Å². The Morgan fingerprint density at radius 3 is 3.10 bits per heavy atom. The highest BCUT2D eigenvalue weighted by molar-refractivity contribution is 5.59. The summed E-state index contributed by atoms with van der Waals surface area (Å²) >= 11 is 0. The summed E-state index contributed by atoms with van der Waals surface area (Å²) in [5.41, 5.74) is 0.792. The van der Waals surface area contributed by atoms with Gasteiger partial charge in [-0.1, -0.05) is 0 Å². The molecule has 4 heteroatoms. The number of hydrogen-bond donors (Lipinski definition) is 1. The molecule has 0 unspecified atom stereocenters. The van der Waals surface area contributed by atoms with Gasteiger partial charge < -0.3 is 5.21 Å². The maximum absolute atomic E-state index is 8.05. The van der Waals surface area contributed by atoms with Gasteiger partial charge in [-0.15, -0.1) is 5.16 Å². The van der Waals surface area contributed by atoms with Crippen molar-refractivity contribution in [3.63, 3.8) is 0 Å². The molecule has 1 aromatic heterocycles. The Balaban J connectivity index is 2.59. The van der Waals surface area contributed by atoms with Crippen molar-refractivity contribution in [3.05, 3.63) is 24.3 Å². The van der Waals surface area contributed by atoms with Gasteiger partial charge in [0.25, 0.3) is 0 Å². The van der Waals surface area contributed by atoms with E-state index < -0.39 is 0 Å². The van der Waals surface area contributed by atoms with Crippen LogP contribution in [0.4, 0.5) is 0 Å². The first kappa shape index (κ1) is 6.67. The number of rotatable bonds is 2. The van der Waals surface area contributed by atoms with Gasteiger partial charge in [0.05, 0.1) is 5.69 Å². The Hall–Kier alpha value is -1.45. The summed E-state index contributed by atoms with van der Waals surface area (Å²) in [6.07, 6.45) is 6.70. The SMILES string of the molecule is O/N=C\Cc1cnccn1. The van der Waals surface area contributed by atoms with Gasteiger partial charge in [0.1, 0.15) is 0 Å². The molecule has 0 fully saturated rings. The minimum atomic E-state index is 0.518. The molecule has 52 valence electrons. The summed E-state index contributed by atoms with van der Waals surface area (Å²) in [6.45, 7) is 0. The van der Waals surface area contributed by atoms with Crippen LogP contribution in [0.5, 0.6) is 0 Å². The summed E-state index contributed by atoms with van der Waals surface area (Å²) in [7, 11) is 0. The average Bonchev–Trinajstić information content (AvgIpc) is 2.03. The van der Waals surface area contributed by atoms with Gasteiger partial charge in [0.15, 0.2) is 0 Å². The highest BCUT2D eigenvalue weighted by Gasteiger charge is 1.87. The number of nitrogens with zero attached hydrogens (tertiary/aromatic N) is 3. The van der Waals surface area contributed by atoms with E-state index in [2.05, 4.69) is 15.1 Å². The molecule has 0 aliphatic rings. The summed E-state index contributed by atoms with van der Waals surface area (Å²) in [5.74, 6) is 0. The van der Waals surface area contributed by atoms with Gasteiger partial charge in [0, 0.05) is 31.2 Å². The summed E-state index contributed by atoms with van der Waals surface area (Å²) in [5, 5.41) is 10.9. The Morgan fingerprint density at radius 1 is 1.60 bits per heavy atom. The Morgan fingerprint density at radius 2 is 2.50 bits per heavy atom. The van der Waals surface area contributed by atoms with Crippen LogP contribution in [0.15, 0.2) is 23.7 Å². The third-order valence-corrected chi connectivity index (χ3v) is 0.999. The van der Waals surface area contributed by atoms with E-state index in [1.54, 1.807) is 18.6 Å². The molecular weight excluding hydrogens is 130 g/mol. The highest BCUT2D eigenvalue weighted by atomic mass is 16.4. The molecule has 0 aliphatic heterocycles. The largest absolute Gasteiger partial charge is 0.411 e. The Bertz CT molecular complexity index is 209. The predicted molar refractivity (Wildman–Crippen MR) is 36.0 cm³/mol. The zero-order valence-electron chi connectivity index (χ0n) is 5.31. The fourth-order valence-electron chi connectivity index (χ4n) is 0.570. The van der Waals surface area contributed by atoms with Crippen molar-refractivity contribution in [1.82, 2.24) is 9.97 Å². The second kappa shape index (κ2) is 3.55. The molecule has 0 radical (unpaired) electrons. The monoisotopic (exact) mass is 137 g/mol. The van der Waals surface area contributed by atoms with E-state index in [1.165, 1.54) is 6.21 Å².